The largest absolute Gasteiger partial charge is 0.467 e. The van der Waals surface area contributed by atoms with E-state index in [1.807, 2.05) is 12.1 Å². The second kappa shape index (κ2) is 8.38. The molecule has 0 amide bonds. The van der Waals surface area contributed by atoms with E-state index in [0.29, 0.717) is 6.61 Å². The molecule has 0 aliphatic carbocycles. The van der Waals surface area contributed by atoms with Crippen molar-refractivity contribution in [2.75, 3.05) is 21.0 Å². The van der Waals surface area contributed by atoms with Crippen LogP contribution in [0.2, 0.25) is 0 Å². The lowest BCUT2D eigenvalue weighted by molar-refractivity contribution is 0.0502. The zero-order valence-electron chi connectivity index (χ0n) is 17.7. The molecule has 1 aromatic heterocycles. The minimum Gasteiger partial charge on any atom is -0.467 e. The van der Waals surface area contributed by atoms with Gasteiger partial charge in [0.25, 0.3) is 0 Å². The minimum absolute atomic E-state index is 0.0472. The van der Waals surface area contributed by atoms with Gasteiger partial charge in [0.2, 0.25) is 0 Å². The van der Waals surface area contributed by atoms with Gasteiger partial charge >= 0.3 is 0 Å². The number of benzene rings is 2. The average molecular weight is 383 g/mol. The van der Waals surface area contributed by atoms with Gasteiger partial charge in [0.15, 0.2) is 6.79 Å². The van der Waals surface area contributed by atoms with E-state index in [0.717, 1.165) is 40.0 Å². The van der Waals surface area contributed by atoms with E-state index in [2.05, 4.69) is 52.0 Å². The van der Waals surface area contributed by atoms with Crippen LogP contribution >= 0.6 is 0 Å². The summed E-state index contributed by atoms with van der Waals surface area (Å²) >= 11 is 0. The number of ether oxygens (including phenoxy) is 3. The Morgan fingerprint density at radius 2 is 1.75 bits per heavy atom. The van der Waals surface area contributed by atoms with Crippen molar-refractivity contribution in [1.82, 2.24) is 0 Å². The molecule has 0 fully saturated rings. The topological polar surface area (TPSA) is 40.8 Å². The summed E-state index contributed by atoms with van der Waals surface area (Å²) < 4.78 is 22.3. The third kappa shape index (κ3) is 4.23. The van der Waals surface area contributed by atoms with Crippen LogP contribution < -0.4 is 4.74 Å². The average Bonchev–Trinajstić information content (AvgIpc) is 3.06. The van der Waals surface area contributed by atoms with Gasteiger partial charge in [-0.1, -0.05) is 39.8 Å². The van der Waals surface area contributed by atoms with Crippen LogP contribution in [0.3, 0.4) is 0 Å². The Balaban J connectivity index is 2.19. The third-order valence-electron chi connectivity index (χ3n) is 4.85. The summed E-state index contributed by atoms with van der Waals surface area (Å²) in [6, 6.07) is 12.8. The second-order valence-electron chi connectivity index (χ2n) is 8.07. The van der Waals surface area contributed by atoms with Crippen LogP contribution in [0.1, 0.15) is 44.6 Å². The van der Waals surface area contributed by atoms with Crippen molar-refractivity contribution in [1.29, 1.82) is 0 Å². The van der Waals surface area contributed by atoms with Crippen LogP contribution in [0.15, 0.2) is 40.8 Å². The number of hydrogen-bond acceptors (Lipinski definition) is 4. The second-order valence-corrected chi connectivity index (χ2v) is 8.07. The maximum atomic E-state index is 6.09. The zero-order chi connectivity index (χ0) is 20.3. The van der Waals surface area contributed by atoms with Gasteiger partial charge in [0.1, 0.15) is 23.7 Å². The van der Waals surface area contributed by atoms with E-state index in [1.54, 1.807) is 14.2 Å². The molecule has 0 saturated carbocycles. The van der Waals surface area contributed by atoms with Gasteiger partial charge in [0, 0.05) is 30.7 Å². The van der Waals surface area contributed by atoms with Crippen LogP contribution in [0.25, 0.3) is 22.1 Å². The molecule has 0 spiro atoms. The molecule has 4 nitrogen and oxygen atoms in total. The molecule has 0 bridgehead atoms. The van der Waals surface area contributed by atoms with E-state index in [9.17, 15) is 0 Å². The van der Waals surface area contributed by atoms with Gasteiger partial charge in [-0.05, 0) is 47.2 Å². The first-order valence-corrected chi connectivity index (χ1v) is 9.68. The fourth-order valence-electron chi connectivity index (χ4n) is 3.42. The molecule has 2 aromatic carbocycles. The van der Waals surface area contributed by atoms with Crippen molar-refractivity contribution in [3.63, 3.8) is 0 Å². The van der Waals surface area contributed by atoms with Gasteiger partial charge in [-0.3, -0.25) is 0 Å². The lowest BCUT2D eigenvalue weighted by Crippen LogP contribution is -2.15. The zero-order valence-corrected chi connectivity index (χ0v) is 17.7. The molecule has 0 radical (unpaired) electrons. The molecule has 0 aliphatic heterocycles. The standard InChI is InChI=1S/C24H30O4/c1-7-16-10-20(23(27-15-26-6)21(11-16)24(2,3)4)17-8-9-22-18(12-17)13-19(28-22)14-25-5/h8-13H,7,14-15H2,1-6H3. The van der Waals surface area contributed by atoms with E-state index < -0.39 is 0 Å². The Hall–Kier alpha value is -2.30. The van der Waals surface area contributed by atoms with Crippen LogP contribution in [0.5, 0.6) is 5.75 Å². The fraction of sp³-hybridized carbons (Fsp3) is 0.417. The van der Waals surface area contributed by atoms with Gasteiger partial charge in [-0.2, -0.15) is 0 Å². The van der Waals surface area contributed by atoms with Crippen LogP contribution in [0, 0.1) is 0 Å². The minimum atomic E-state index is -0.0472. The highest BCUT2D eigenvalue weighted by Crippen LogP contribution is 2.41. The molecule has 0 unspecified atom stereocenters. The first-order valence-electron chi connectivity index (χ1n) is 9.68. The SMILES string of the molecule is CCc1cc(-c2ccc3oc(COC)cc3c2)c(OCOC)c(C(C)(C)C)c1. The summed E-state index contributed by atoms with van der Waals surface area (Å²) in [6.07, 6.45) is 0.965. The molecule has 150 valence electrons. The first-order chi connectivity index (χ1) is 13.4. The van der Waals surface area contributed by atoms with Gasteiger partial charge in [-0.15, -0.1) is 0 Å². The Labute approximate surface area is 167 Å². The molecule has 1 heterocycles. The molecule has 0 aliphatic rings. The number of hydrogen-bond donors (Lipinski definition) is 0. The molecule has 3 rings (SSSR count). The van der Waals surface area contributed by atoms with Gasteiger partial charge < -0.3 is 18.6 Å². The molecule has 0 atom stereocenters. The Kier molecular flexibility index (Phi) is 6.11. The summed E-state index contributed by atoms with van der Waals surface area (Å²) in [5, 5.41) is 1.06. The molecule has 3 aromatic rings. The third-order valence-corrected chi connectivity index (χ3v) is 4.85. The van der Waals surface area contributed by atoms with Crippen molar-refractivity contribution in [3.05, 3.63) is 53.3 Å². The monoisotopic (exact) mass is 382 g/mol. The first kappa shape index (κ1) is 20.4. The normalized spacial score (nSPS) is 11.9. The van der Waals surface area contributed by atoms with Crippen LogP contribution in [-0.2, 0) is 27.9 Å². The maximum absolute atomic E-state index is 6.09. The highest BCUT2D eigenvalue weighted by Gasteiger charge is 2.23. The quantitative estimate of drug-likeness (QED) is 0.464. The molecule has 28 heavy (non-hydrogen) atoms. The molecular weight excluding hydrogens is 352 g/mol. The predicted molar refractivity (Wildman–Crippen MR) is 113 cm³/mol. The summed E-state index contributed by atoms with van der Waals surface area (Å²) in [5.41, 5.74) is 5.47. The molecule has 0 saturated heterocycles. The number of furan rings is 1. The van der Waals surface area contributed by atoms with Gasteiger partial charge in [-0.25, -0.2) is 0 Å². The summed E-state index contributed by atoms with van der Waals surface area (Å²) in [7, 11) is 3.31. The fourth-order valence-corrected chi connectivity index (χ4v) is 3.42. The maximum Gasteiger partial charge on any atom is 0.188 e. The highest BCUT2D eigenvalue weighted by atomic mass is 16.7. The van der Waals surface area contributed by atoms with Gasteiger partial charge in [0.05, 0.1) is 0 Å². The van der Waals surface area contributed by atoms with E-state index in [1.165, 1.54) is 11.1 Å². The van der Waals surface area contributed by atoms with Crippen molar-refractivity contribution < 1.29 is 18.6 Å². The highest BCUT2D eigenvalue weighted by molar-refractivity contribution is 5.86. The Bertz CT molecular complexity index is 947. The Morgan fingerprint density at radius 3 is 2.39 bits per heavy atom. The lowest BCUT2D eigenvalue weighted by Gasteiger charge is -2.26. The number of rotatable bonds is 7. The molecule has 0 N–H and O–H groups in total. The van der Waals surface area contributed by atoms with Crippen molar-refractivity contribution in [2.24, 2.45) is 0 Å². The Morgan fingerprint density at radius 1 is 0.964 bits per heavy atom. The number of methoxy groups -OCH3 is 2. The molecule has 4 heteroatoms. The van der Waals surface area contributed by atoms with E-state index >= 15 is 0 Å². The summed E-state index contributed by atoms with van der Waals surface area (Å²) in [6.45, 7) is 9.49. The number of aryl methyl sites for hydroxylation is 1. The number of fused-ring (bicyclic) bond motifs is 1. The van der Waals surface area contributed by atoms with Crippen LogP contribution in [0.4, 0.5) is 0 Å². The van der Waals surface area contributed by atoms with Crippen molar-refractivity contribution in [3.8, 4) is 16.9 Å². The summed E-state index contributed by atoms with van der Waals surface area (Å²) in [4.78, 5) is 0. The van der Waals surface area contributed by atoms with E-state index in [-0.39, 0.29) is 12.2 Å². The summed E-state index contributed by atoms with van der Waals surface area (Å²) in [5.74, 6) is 1.70. The smallest absolute Gasteiger partial charge is 0.188 e. The predicted octanol–water partition coefficient (Wildman–Crippen LogP) is 6.09. The molecular formula is C24H30O4. The van der Waals surface area contributed by atoms with Crippen molar-refractivity contribution in [2.45, 2.75) is 46.1 Å². The lowest BCUT2D eigenvalue weighted by atomic mass is 9.82. The van der Waals surface area contributed by atoms with Crippen LogP contribution in [-0.4, -0.2) is 21.0 Å². The van der Waals surface area contributed by atoms with E-state index in [4.69, 9.17) is 18.6 Å². The van der Waals surface area contributed by atoms with Crippen molar-refractivity contribution >= 4 is 11.0 Å².